The van der Waals surface area contributed by atoms with E-state index in [-0.39, 0.29) is 11.7 Å². The predicted molar refractivity (Wildman–Crippen MR) is 117 cm³/mol. The highest BCUT2D eigenvalue weighted by molar-refractivity contribution is 5.83. The van der Waals surface area contributed by atoms with Gasteiger partial charge in [0, 0.05) is 36.7 Å². The van der Waals surface area contributed by atoms with Crippen LogP contribution >= 0.6 is 0 Å². The molecular weight excluding hydrogens is 428 g/mol. The van der Waals surface area contributed by atoms with Crippen LogP contribution in [0, 0.1) is 0 Å². The molecule has 2 aromatic heterocycles. The monoisotopic (exact) mass is 454 g/mol. The van der Waals surface area contributed by atoms with Gasteiger partial charge in [-0.3, -0.25) is 9.69 Å². The van der Waals surface area contributed by atoms with Crippen LogP contribution in [0.5, 0.6) is 11.5 Å². The molecule has 174 valence electrons. The van der Waals surface area contributed by atoms with E-state index in [0.717, 1.165) is 24.8 Å². The standard InChI is InChI=1S/C22H26N6O5/c29-22-16(10-14-11-18-19(12-17(14)23-22)33-9-8-32-18)20(27-3-6-30-7-4-27)21-24-25-26-28(21)13-15-2-1-5-31-15/h10-12,15,20H,1-9,13H2,(H,23,29)/t15-,20-/m1/s1. The normalized spacial score (nSPS) is 22.0. The van der Waals surface area contributed by atoms with Gasteiger partial charge in [-0.2, -0.15) is 0 Å². The number of aromatic nitrogens is 5. The minimum Gasteiger partial charge on any atom is -0.486 e. The molecule has 3 aromatic rings. The van der Waals surface area contributed by atoms with Crippen molar-refractivity contribution in [3.8, 4) is 11.5 Å². The third-order valence-corrected chi connectivity index (χ3v) is 6.45. The lowest BCUT2D eigenvalue weighted by Gasteiger charge is -2.33. The van der Waals surface area contributed by atoms with Gasteiger partial charge in [0.1, 0.15) is 19.3 Å². The van der Waals surface area contributed by atoms with Crippen LogP contribution in [0.25, 0.3) is 10.9 Å². The van der Waals surface area contributed by atoms with Gasteiger partial charge in [-0.1, -0.05) is 0 Å². The van der Waals surface area contributed by atoms with Gasteiger partial charge in [-0.25, -0.2) is 4.68 Å². The number of pyridine rings is 1. The fourth-order valence-corrected chi connectivity index (χ4v) is 4.82. The van der Waals surface area contributed by atoms with Crippen LogP contribution in [-0.4, -0.2) is 82.3 Å². The summed E-state index contributed by atoms with van der Waals surface area (Å²) in [7, 11) is 0. The summed E-state index contributed by atoms with van der Waals surface area (Å²) in [6.07, 6.45) is 2.09. The molecule has 0 spiro atoms. The molecule has 1 aromatic carbocycles. The zero-order chi connectivity index (χ0) is 22.2. The smallest absolute Gasteiger partial charge is 0.253 e. The number of nitrogens with zero attached hydrogens (tertiary/aromatic N) is 5. The first kappa shape index (κ1) is 20.6. The molecule has 33 heavy (non-hydrogen) atoms. The summed E-state index contributed by atoms with van der Waals surface area (Å²) in [5.74, 6) is 1.95. The molecule has 0 unspecified atom stereocenters. The molecule has 11 heteroatoms. The van der Waals surface area contributed by atoms with Gasteiger partial charge in [-0.05, 0) is 35.4 Å². The summed E-state index contributed by atoms with van der Waals surface area (Å²) in [4.78, 5) is 18.6. The average molecular weight is 454 g/mol. The number of ether oxygens (including phenoxy) is 4. The molecule has 11 nitrogen and oxygen atoms in total. The van der Waals surface area contributed by atoms with Gasteiger partial charge < -0.3 is 23.9 Å². The lowest BCUT2D eigenvalue weighted by molar-refractivity contribution is 0.0205. The quantitative estimate of drug-likeness (QED) is 0.600. The maximum Gasteiger partial charge on any atom is 0.253 e. The maximum absolute atomic E-state index is 13.3. The number of benzene rings is 1. The van der Waals surface area contributed by atoms with Crippen molar-refractivity contribution in [1.29, 1.82) is 0 Å². The topological polar surface area (TPSA) is 117 Å². The fraction of sp³-hybridized carbons (Fsp3) is 0.545. The summed E-state index contributed by atoms with van der Waals surface area (Å²) < 4.78 is 24.6. The van der Waals surface area contributed by atoms with Crippen LogP contribution in [0.1, 0.15) is 30.3 Å². The summed E-state index contributed by atoms with van der Waals surface area (Å²) in [6.45, 7) is 4.85. The molecule has 3 aliphatic rings. The van der Waals surface area contributed by atoms with Crippen molar-refractivity contribution < 1.29 is 18.9 Å². The Balaban J connectivity index is 1.44. The number of morpholine rings is 1. The van der Waals surface area contributed by atoms with Crippen molar-refractivity contribution in [3.05, 3.63) is 39.9 Å². The molecule has 5 heterocycles. The van der Waals surface area contributed by atoms with Crippen molar-refractivity contribution in [3.63, 3.8) is 0 Å². The van der Waals surface area contributed by atoms with Crippen LogP contribution in [0.2, 0.25) is 0 Å². The van der Waals surface area contributed by atoms with Crippen LogP contribution < -0.4 is 15.0 Å². The Hall–Kier alpha value is -3.02. The van der Waals surface area contributed by atoms with Gasteiger partial charge >= 0.3 is 0 Å². The lowest BCUT2D eigenvalue weighted by atomic mass is 10.0. The van der Waals surface area contributed by atoms with E-state index in [2.05, 4.69) is 25.4 Å². The summed E-state index contributed by atoms with van der Waals surface area (Å²) >= 11 is 0. The third kappa shape index (κ3) is 3.96. The van der Waals surface area contributed by atoms with Crippen molar-refractivity contribution in [2.75, 3.05) is 46.1 Å². The van der Waals surface area contributed by atoms with Crippen LogP contribution in [0.4, 0.5) is 0 Å². The fourth-order valence-electron chi connectivity index (χ4n) is 4.82. The van der Waals surface area contributed by atoms with E-state index in [1.165, 1.54) is 0 Å². The van der Waals surface area contributed by atoms with E-state index < -0.39 is 6.04 Å². The third-order valence-electron chi connectivity index (χ3n) is 6.45. The van der Waals surface area contributed by atoms with Crippen molar-refractivity contribution in [2.24, 2.45) is 0 Å². The van der Waals surface area contributed by atoms with Gasteiger partial charge in [0.05, 0.1) is 31.4 Å². The van der Waals surface area contributed by atoms with Gasteiger partial charge in [0.2, 0.25) is 0 Å². The number of nitrogens with one attached hydrogen (secondary N) is 1. The number of fused-ring (bicyclic) bond motifs is 2. The van der Waals surface area contributed by atoms with Crippen molar-refractivity contribution in [2.45, 2.75) is 31.5 Å². The van der Waals surface area contributed by atoms with Crippen LogP contribution in [-0.2, 0) is 16.0 Å². The molecule has 0 saturated carbocycles. The Labute approximate surface area is 189 Å². The Kier molecular flexibility index (Phi) is 5.44. The van der Waals surface area contributed by atoms with Gasteiger partial charge in [-0.15, -0.1) is 5.10 Å². The van der Waals surface area contributed by atoms with Gasteiger partial charge in [0.15, 0.2) is 17.3 Å². The second-order valence-corrected chi connectivity index (χ2v) is 8.54. The first-order valence-corrected chi connectivity index (χ1v) is 11.4. The number of tetrazole rings is 1. The Morgan fingerprint density at radius 2 is 1.88 bits per heavy atom. The van der Waals surface area contributed by atoms with Crippen LogP contribution in [0.15, 0.2) is 23.0 Å². The van der Waals surface area contributed by atoms with E-state index in [9.17, 15) is 4.79 Å². The van der Waals surface area contributed by atoms with Crippen molar-refractivity contribution >= 4 is 10.9 Å². The molecule has 2 fully saturated rings. The first-order valence-electron chi connectivity index (χ1n) is 11.4. The molecule has 0 bridgehead atoms. The molecule has 0 amide bonds. The average Bonchev–Trinajstić information content (AvgIpc) is 3.52. The highest BCUT2D eigenvalue weighted by Gasteiger charge is 2.32. The number of H-pyrrole nitrogens is 1. The van der Waals surface area contributed by atoms with E-state index in [1.807, 2.05) is 18.2 Å². The highest BCUT2D eigenvalue weighted by Crippen LogP contribution is 2.35. The maximum atomic E-state index is 13.3. The largest absolute Gasteiger partial charge is 0.486 e. The second kappa shape index (κ2) is 8.73. The lowest BCUT2D eigenvalue weighted by Crippen LogP contribution is -2.42. The SMILES string of the molecule is O=c1[nH]c2cc3c(cc2cc1[C@H](c1nnnn1C[C@H]1CCCO1)N1CCOCC1)OCCO3. The first-order chi connectivity index (χ1) is 16.3. The number of aromatic amines is 1. The Bertz CT molecular complexity index is 1200. The summed E-state index contributed by atoms with van der Waals surface area (Å²) in [5.41, 5.74) is 1.11. The van der Waals surface area contributed by atoms with E-state index in [1.54, 1.807) is 4.68 Å². The van der Waals surface area contributed by atoms with Crippen LogP contribution in [0.3, 0.4) is 0 Å². The van der Waals surface area contributed by atoms with Gasteiger partial charge in [0.25, 0.3) is 5.56 Å². The van der Waals surface area contributed by atoms with E-state index in [0.29, 0.717) is 74.5 Å². The minimum absolute atomic E-state index is 0.0798. The predicted octanol–water partition coefficient (Wildman–Crippen LogP) is 0.886. The number of rotatable bonds is 5. The second-order valence-electron chi connectivity index (χ2n) is 8.54. The number of hydrogen-bond acceptors (Lipinski definition) is 9. The number of hydrogen-bond donors (Lipinski definition) is 1. The molecule has 6 rings (SSSR count). The zero-order valence-electron chi connectivity index (χ0n) is 18.2. The Morgan fingerprint density at radius 1 is 1.06 bits per heavy atom. The Morgan fingerprint density at radius 3 is 2.67 bits per heavy atom. The molecule has 2 saturated heterocycles. The van der Waals surface area contributed by atoms with E-state index >= 15 is 0 Å². The summed E-state index contributed by atoms with van der Waals surface area (Å²) in [5, 5.41) is 13.4. The highest BCUT2D eigenvalue weighted by atomic mass is 16.6. The molecule has 1 N–H and O–H groups in total. The minimum atomic E-state index is -0.411. The molecule has 0 radical (unpaired) electrons. The molecular formula is C22H26N6O5. The van der Waals surface area contributed by atoms with E-state index in [4.69, 9.17) is 18.9 Å². The molecule has 0 aliphatic carbocycles. The summed E-state index contributed by atoms with van der Waals surface area (Å²) in [6, 6.07) is 5.24. The van der Waals surface area contributed by atoms with Crippen molar-refractivity contribution in [1.82, 2.24) is 30.1 Å². The zero-order valence-corrected chi connectivity index (χ0v) is 18.2. The molecule has 3 aliphatic heterocycles. The molecule has 2 atom stereocenters.